The van der Waals surface area contributed by atoms with Gasteiger partial charge in [0.2, 0.25) is 5.91 Å². The number of amides is 1. The van der Waals surface area contributed by atoms with E-state index in [-0.39, 0.29) is 11.7 Å². The highest BCUT2D eigenvalue weighted by Crippen LogP contribution is 2.24. The molecule has 0 bridgehead atoms. The predicted molar refractivity (Wildman–Crippen MR) is 125 cm³/mol. The van der Waals surface area contributed by atoms with Gasteiger partial charge < -0.3 is 9.73 Å². The molecule has 5 rings (SSSR count). The molecule has 1 amide bonds. The van der Waals surface area contributed by atoms with Gasteiger partial charge in [0.25, 0.3) is 0 Å². The first-order valence-electron chi connectivity index (χ1n) is 10.6. The minimum absolute atomic E-state index is 0.107. The quantitative estimate of drug-likeness (QED) is 0.279. The number of thioether (sulfide) groups is 1. The maximum atomic E-state index is 12.4. The summed E-state index contributed by atoms with van der Waals surface area (Å²) >= 11 is 1.33. The second kappa shape index (κ2) is 9.07. The van der Waals surface area contributed by atoms with E-state index < -0.39 is 0 Å². The molecule has 33 heavy (non-hydrogen) atoms. The van der Waals surface area contributed by atoms with Gasteiger partial charge in [0, 0.05) is 24.0 Å². The number of para-hydroxylation sites is 1. The zero-order valence-electron chi connectivity index (χ0n) is 18.4. The van der Waals surface area contributed by atoms with E-state index in [4.69, 9.17) is 19.5 Å². The van der Waals surface area contributed by atoms with Crippen LogP contribution in [0.2, 0.25) is 0 Å². The average molecular weight is 462 g/mol. The number of carbonyl (C=O) groups excluding carboxylic acids is 1. The van der Waals surface area contributed by atoms with Crippen molar-refractivity contribution in [1.29, 1.82) is 0 Å². The summed E-state index contributed by atoms with van der Waals surface area (Å²) in [6.07, 6.45) is 2.23. The van der Waals surface area contributed by atoms with Crippen LogP contribution in [0.3, 0.4) is 0 Å². The molecule has 0 aliphatic heterocycles. The predicted octanol–water partition coefficient (Wildman–Crippen LogP) is 3.34. The summed E-state index contributed by atoms with van der Waals surface area (Å²) in [5, 5.41) is 13.6. The van der Waals surface area contributed by atoms with E-state index in [0.29, 0.717) is 36.3 Å². The second-order valence-corrected chi connectivity index (χ2v) is 8.66. The number of fused-ring (bicyclic) bond motifs is 3. The summed E-state index contributed by atoms with van der Waals surface area (Å²) in [7, 11) is 0. The van der Waals surface area contributed by atoms with Gasteiger partial charge in [0.1, 0.15) is 5.76 Å². The Labute approximate surface area is 194 Å². The van der Waals surface area contributed by atoms with Crippen LogP contribution >= 0.6 is 11.8 Å². The van der Waals surface area contributed by atoms with Gasteiger partial charge in [-0.05, 0) is 44.2 Å². The summed E-state index contributed by atoms with van der Waals surface area (Å²) in [5.74, 6) is 1.53. The molecule has 0 aliphatic rings. The highest BCUT2D eigenvalue weighted by molar-refractivity contribution is 7.99. The molecule has 10 heteroatoms. The molecule has 0 unspecified atom stereocenters. The number of aromatic nitrogens is 6. The minimum atomic E-state index is -0.107. The van der Waals surface area contributed by atoms with Crippen molar-refractivity contribution >= 4 is 34.2 Å². The van der Waals surface area contributed by atoms with Gasteiger partial charge in [-0.25, -0.2) is 9.97 Å². The van der Waals surface area contributed by atoms with Gasteiger partial charge in [0.15, 0.2) is 16.6 Å². The third kappa shape index (κ3) is 4.61. The molecule has 0 saturated heterocycles. The molecule has 4 aromatic heterocycles. The fourth-order valence-electron chi connectivity index (χ4n) is 3.66. The highest BCUT2D eigenvalue weighted by Gasteiger charge is 2.15. The number of hydrogen-bond acceptors (Lipinski definition) is 7. The molecule has 0 spiro atoms. The van der Waals surface area contributed by atoms with E-state index in [2.05, 4.69) is 16.5 Å². The monoisotopic (exact) mass is 461 g/mol. The van der Waals surface area contributed by atoms with E-state index in [9.17, 15) is 4.79 Å². The van der Waals surface area contributed by atoms with E-state index in [0.717, 1.165) is 27.9 Å². The van der Waals surface area contributed by atoms with E-state index >= 15 is 0 Å². The highest BCUT2D eigenvalue weighted by atomic mass is 32.2. The first kappa shape index (κ1) is 21.2. The first-order valence-corrected chi connectivity index (χ1v) is 11.6. The largest absolute Gasteiger partial charge is 0.467 e. The van der Waals surface area contributed by atoms with Crippen molar-refractivity contribution in [3.05, 3.63) is 71.7 Å². The Morgan fingerprint density at radius 3 is 2.79 bits per heavy atom. The van der Waals surface area contributed by atoms with Gasteiger partial charge >= 0.3 is 0 Å². The fraction of sp³-hybridized carbons (Fsp3) is 0.261. The first-order chi connectivity index (χ1) is 16.1. The molecule has 168 valence electrons. The van der Waals surface area contributed by atoms with Crippen molar-refractivity contribution in [3.8, 4) is 0 Å². The Kier molecular flexibility index (Phi) is 5.82. The lowest BCUT2D eigenvalue weighted by Gasteiger charge is -2.06. The Morgan fingerprint density at radius 1 is 1.12 bits per heavy atom. The Morgan fingerprint density at radius 2 is 2.00 bits per heavy atom. The smallest absolute Gasteiger partial charge is 0.230 e. The SMILES string of the molecule is Cc1cc(C)n(CCc2nc3c4ccccc4nc(SCC(=O)NCc4ccco4)n3n2)n1. The maximum Gasteiger partial charge on any atom is 0.230 e. The van der Waals surface area contributed by atoms with Crippen molar-refractivity contribution in [2.75, 3.05) is 5.75 Å². The lowest BCUT2D eigenvalue weighted by molar-refractivity contribution is -0.118. The van der Waals surface area contributed by atoms with Crippen LogP contribution < -0.4 is 5.32 Å². The normalized spacial score (nSPS) is 11.5. The number of nitrogens with one attached hydrogen (secondary N) is 1. The number of furan rings is 1. The van der Waals surface area contributed by atoms with Crippen LogP contribution in [-0.4, -0.2) is 41.0 Å². The van der Waals surface area contributed by atoms with E-state index in [1.165, 1.54) is 11.8 Å². The molecule has 5 aromatic rings. The molecule has 9 nitrogen and oxygen atoms in total. The van der Waals surface area contributed by atoms with Crippen molar-refractivity contribution in [2.24, 2.45) is 0 Å². The molecule has 0 aliphatic carbocycles. The van der Waals surface area contributed by atoms with E-state index in [1.54, 1.807) is 16.8 Å². The number of aryl methyl sites for hydroxylation is 4. The van der Waals surface area contributed by atoms with Crippen LogP contribution in [-0.2, 0) is 24.3 Å². The summed E-state index contributed by atoms with van der Waals surface area (Å²) in [6, 6.07) is 13.5. The number of hydrogen-bond donors (Lipinski definition) is 1. The molecule has 1 N–H and O–H groups in total. The van der Waals surface area contributed by atoms with Crippen molar-refractivity contribution < 1.29 is 9.21 Å². The van der Waals surface area contributed by atoms with Crippen LogP contribution in [0, 0.1) is 13.8 Å². The molecule has 0 fully saturated rings. The van der Waals surface area contributed by atoms with Crippen LogP contribution in [0.1, 0.15) is 23.0 Å². The second-order valence-electron chi connectivity index (χ2n) is 7.72. The standard InChI is InChI=1S/C23H23N7O2S/c1-15-12-16(2)29(27-15)10-9-20-26-22-18-7-3-4-8-19(18)25-23(30(22)28-20)33-14-21(31)24-13-17-6-5-11-32-17/h3-8,11-12H,9-10,13-14H2,1-2H3,(H,24,31). The minimum Gasteiger partial charge on any atom is -0.467 e. The van der Waals surface area contributed by atoms with Crippen molar-refractivity contribution in [1.82, 2.24) is 34.7 Å². The lowest BCUT2D eigenvalue weighted by atomic mass is 10.2. The fourth-order valence-corrected chi connectivity index (χ4v) is 4.43. The summed E-state index contributed by atoms with van der Waals surface area (Å²) in [4.78, 5) is 21.9. The third-order valence-corrected chi connectivity index (χ3v) is 6.15. The molecule has 0 radical (unpaired) electrons. The average Bonchev–Trinajstić information content (AvgIpc) is 3.55. The van der Waals surface area contributed by atoms with Gasteiger partial charge in [-0.2, -0.15) is 9.61 Å². The number of rotatable bonds is 8. The van der Waals surface area contributed by atoms with Crippen LogP contribution in [0.15, 0.2) is 58.3 Å². The summed E-state index contributed by atoms with van der Waals surface area (Å²) < 4.78 is 8.96. The Bertz CT molecular complexity index is 1420. The van der Waals surface area contributed by atoms with Crippen molar-refractivity contribution in [2.45, 2.75) is 38.5 Å². The molecule has 0 saturated carbocycles. The lowest BCUT2D eigenvalue weighted by Crippen LogP contribution is -2.24. The molecule has 4 heterocycles. The van der Waals surface area contributed by atoms with Crippen molar-refractivity contribution in [3.63, 3.8) is 0 Å². The van der Waals surface area contributed by atoms with Gasteiger partial charge in [-0.3, -0.25) is 9.48 Å². The third-order valence-electron chi connectivity index (χ3n) is 5.22. The zero-order chi connectivity index (χ0) is 22.8. The molecule has 1 aromatic carbocycles. The number of carbonyl (C=O) groups is 1. The molecular formula is C23H23N7O2S. The summed E-state index contributed by atoms with van der Waals surface area (Å²) in [5.41, 5.74) is 3.67. The van der Waals surface area contributed by atoms with Gasteiger partial charge in [0.05, 0.1) is 29.8 Å². The van der Waals surface area contributed by atoms with E-state index in [1.807, 2.05) is 48.9 Å². The zero-order valence-corrected chi connectivity index (χ0v) is 19.2. The molecule has 0 atom stereocenters. The summed E-state index contributed by atoms with van der Waals surface area (Å²) in [6.45, 7) is 5.07. The van der Waals surface area contributed by atoms with Gasteiger partial charge in [-0.1, -0.05) is 23.9 Å². The Balaban J connectivity index is 1.37. The van der Waals surface area contributed by atoms with Crippen LogP contribution in [0.25, 0.3) is 16.6 Å². The molecular weight excluding hydrogens is 438 g/mol. The van der Waals surface area contributed by atoms with Crippen LogP contribution in [0.4, 0.5) is 0 Å². The van der Waals surface area contributed by atoms with Crippen LogP contribution in [0.5, 0.6) is 0 Å². The topological polar surface area (TPSA) is 103 Å². The number of benzene rings is 1. The Hall–Kier alpha value is -3.66. The van der Waals surface area contributed by atoms with Gasteiger partial charge in [-0.15, -0.1) is 5.10 Å². The number of nitrogens with zero attached hydrogens (tertiary/aromatic N) is 6. The maximum absolute atomic E-state index is 12.4.